The number of hydrogen-bond donors (Lipinski definition) is 0. The Balaban J connectivity index is 0. The van der Waals surface area contributed by atoms with Gasteiger partial charge < -0.3 is 0 Å². The van der Waals surface area contributed by atoms with Crippen LogP contribution in [-0.2, 0) is 9.33 Å². The molecule has 0 unspecified atom stereocenters. The van der Waals surface area contributed by atoms with Gasteiger partial charge >= 0.3 is 64.8 Å². The van der Waals surface area contributed by atoms with Crippen LogP contribution in [0.15, 0.2) is 0 Å². The minimum absolute atomic E-state index is 0.529. The summed E-state index contributed by atoms with van der Waals surface area (Å²) in [5.41, 5.74) is 0. The van der Waals surface area contributed by atoms with Crippen LogP contribution in [-0.4, -0.2) is 19.5 Å². The molecule has 0 heterocycles. The fourth-order valence-corrected chi connectivity index (χ4v) is 0.612. The second-order valence-corrected chi connectivity index (χ2v) is 77.7. The zero-order chi connectivity index (χ0) is 11.4. The second kappa shape index (κ2) is 5.96. The molecule has 86 valence electrons. The molecule has 0 aliphatic carbocycles. The third kappa shape index (κ3) is 50.0. The van der Waals surface area contributed by atoms with E-state index in [4.69, 9.17) is 44.1 Å². The monoisotopic (exact) mass is 544 g/mol. The van der Waals surface area contributed by atoms with E-state index < -0.39 is 8.03 Å². The Morgan fingerprint density at radius 1 is 1.00 bits per heavy atom. The molecule has 0 spiro atoms. The van der Waals surface area contributed by atoms with Crippen LogP contribution in [0.2, 0.25) is 0 Å². The third-order valence-electron chi connectivity index (χ3n) is 0.626. The molecule has 0 aliphatic heterocycles. The molecule has 9 heteroatoms. The van der Waals surface area contributed by atoms with Crippen molar-refractivity contribution < 1.29 is 0 Å². The van der Waals surface area contributed by atoms with Gasteiger partial charge in [0, 0.05) is 0 Å². The van der Waals surface area contributed by atoms with E-state index in [0.717, 1.165) is 0 Å². The van der Waals surface area contributed by atoms with E-state index in [0.29, 0.717) is 9.33 Å². The summed E-state index contributed by atoms with van der Waals surface area (Å²) in [6.45, 7) is 4.39. The molecular formula is C4H10Br2Cl5SSb. The Bertz CT molecular complexity index is 137. The topological polar surface area (TPSA) is 0 Å². The van der Waals surface area contributed by atoms with Crippen molar-refractivity contribution in [2.45, 2.75) is 13.8 Å². The van der Waals surface area contributed by atoms with Crippen molar-refractivity contribution >= 4 is 88.9 Å². The van der Waals surface area contributed by atoms with Gasteiger partial charge in [-0.05, 0) is 13.8 Å². The van der Waals surface area contributed by atoms with E-state index in [1.165, 1.54) is 11.5 Å². The SMILES string of the molecule is CC[S+](Br)CC.[Cl][Sb-]([Cl])([Cl])([Cl])([Cl])[Br]. The molecule has 0 saturated heterocycles. The van der Waals surface area contributed by atoms with Gasteiger partial charge in [0.15, 0.2) is 0 Å². The predicted molar refractivity (Wildman–Crippen MR) is 81.3 cm³/mol. The van der Waals surface area contributed by atoms with E-state index in [1.54, 1.807) is 0 Å². The van der Waals surface area contributed by atoms with E-state index in [9.17, 15) is 0 Å². The average Bonchev–Trinajstić information content (AvgIpc) is 1.79. The molecule has 0 rings (SSSR count). The molecular weight excluding hydrogens is 539 g/mol. The first-order valence-corrected chi connectivity index (χ1v) is 28.5. The standard InChI is InChI=1S/C4H10BrS.BrH.5ClH.Sb/c1-3-6(5)4-2;;;;;;;/h3-4H2,1-2H3;6*1H;/q+1;;;;;;;+5/p-6. The van der Waals surface area contributed by atoms with Crippen LogP contribution in [0.25, 0.3) is 0 Å². The van der Waals surface area contributed by atoms with E-state index in [2.05, 4.69) is 41.3 Å². The number of rotatable bonds is 2. The fourth-order valence-electron chi connectivity index (χ4n) is 0.204. The Hall–Kier alpha value is 3.58. The van der Waals surface area contributed by atoms with Crippen LogP contribution in [0.5, 0.6) is 0 Å². The van der Waals surface area contributed by atoms with Gasteiger partial charge in [0.1, 0.15) is 11.5 Å². The van der Waals surface area contributed by atoms with Crippen LogP contribution in [0, 0.1) is 0 Å². The van der Waals surface area contributed by atoms with Crippen molar-refractivity contribution in [3.05, 3.63) is 0 Å². The fraction of sp³-hybridized carbons (Fsp3) is 1.00. The first-order chi connectivity index (χ1) is 5.26. The average molecular weight is 549 g/mol. The maximum absolute atomic E-state index is 5.22. The third-order valence-corrected chi connectivity index (χ3v) is 4.63. The number of halogens is 7. The molecule has 0 fully saturated rings. The van der Waals surface area contributed by atoms with Crippen molar-refractivity contribution in [2.75, 3.05) is 11.5 Å². The van der Waals surface area contributed by atoms with Crippen LogP contribution in [0.4, 0.5) is 0 Å². The molecule has 0 saturated carbocycles. The van der Waals surface area contributed by atoms with Gasteiger partial charge in [0.2, 0.25) is 14.8 Å². The molecule has 0 aromatic heterocycles. The molecule has 0 amide bonds. The van der Waals surface area contributed by atoms with Crippen molar-refractivity contribution in [1.82, 2.24) is 0 Å². The Kier molecular flexibility index (Phi) is 8.67. The van der Waals surface area contributed by atoms with Crippen LogP contribution in [0.1, 0.15) is 13.8 Å². The first kappa shape index (κ1) is 18.9. The zero-order valence-electron chi connectivity index (χ0n) is 6.92. The molecule has 0 radical (unpaired) electrons. The van der Waals surface area contributed by atoms with Gasteiger partial charge in [0.25, 0.3) is 0 Å². The first-order valence-electron chi connectivity index (χ1n) is 3.16. The van der Waals surface area contributed by atoms with Crippen molar-refractivity contribution in [1.29, 1.82) is 0 Å². The molecule has 0 aromatic rings. The van der Waals surface area contributed by atoms with E-state index >= 15 is 0 Å². The second-order valence-electron chi connectivity index (χ2n) is 1.96. The summed E-state index contributed by atoms with van der Waals surface area (Å²) in [6, 6.07) is 0. The Morgan fingerprint density at radius 3 is 1.15 bits per heavy atom. The molecule has 0 aromatic carbocycles. The van der Waals surface area contributed by atoms with Crippen molar-refractivity contribution in [2.24, 2.45) is 0 Å². The van der Waals surface area contributed by atoms with Crippen molar-refractivity contribution in [3.8, 4) is 0 Å². The van der Waals surface area contributed by atoms with Gasteiger partial charge in [-0.1, -0.05) is 0 Å². The van der Waals surface area contributed by atoms with Crippen LogP contribution >= 0.6 is 71.6 Å². The summed E-state index contributed by atoms with van der Waals surface area (Å²) in [4.78, 5) is 0. The minimum atomic E-state index is -5.08. The Labute approximate surface area is 112 Å². The quantitative estimate of drug-likeness (QED) is 0.299. The molecule has 0 N–H and O–H groups in total. The van der Waals surface area contributed by atoms with E-state index in [1.807, 2.05) is 0 Å². The molecule has 0 nitrogen and oxygen atoms in total. The summed E-state index contributed by atoms with van der Waals surface area (Å²) in [7, 11) is 21.5. The van der Waals surface area contributed by atoms with E-state index in [-0.39, 0.29) is 0 Å². The maximum atomic E-state index is 5.22. The molecule has 0 aliphatic rings. The normalized spacial score (nSPS) is 17.1. The van der Waals surface area contributed by atoms with Crippen LogP contribution in [0.3, 0.4) is 0 Å². The molecule has 0 bridgehead atoms. The van der Waals surface area contributed by atoms with Gasteiger partial charge in [-0.2, -0.15) is 0 Å². The van der Waals surface area contributed by atoms with Crippen LogP contribution < -0.4 is 0 Å². The van der Waals surface area contributed by atoms with Gasteiger partial charge in [0.05, 0.1) is 9.33 Å². The van der Waals surface area contributed by atoms with Gasteiger partial charge in [-0.15, -0.1) is 0 Å². The predicted octanol–water partition coefficient (Wildman–Crippen LogP) is 5.87. The van der Waals surface area contributed by atoms with Gasteiger partial charge in [-0.25, -0.2) is 0 Å². The molecule has 0 atom stereocenters. The summed E-state index contributed by atoms with van der Waals surface area (Å²) < 4.78 is 0. The zero-order valence-corrected chi connectivity index (χ0v) is 17.2. The van der Waals surface area contributed by atoms with Crippen molar-refractivity contribution in [3.63, 3.8) is 0 Å². The summed E-state index contributed by atoms with van der Waals surface area (Å²) in [5.74, 6) is 2.55. The summed E-state index contributed by atoms with van der Waals surface area (Å²) in [6.07, 6.45) is 0. The summed E-state index contributed by atoms with van der Waals surface area (Å²) >= 11 is 6.11. The Morgan fingerprint density at radius 2 is 1.15 bits per heavy atom. The number of hydrogen-bond acceptors (Lipinski definition) is 0. The molecule has 13 heavy (non-hydrogen) atoms. The van der Waals surface area contributed by atoms with Gasteiger partial charge in [-0.3, -0.25) is 0 Å². The summed E-state index contributed by atoms with van der Waals surface area (Å²) in [5, 5.41) is 0.